The van der Waals surface area contributed by atoms with Gasteiger partial charge >= 0.3 is 0 Å². The van der Waals surface area contributed by atoms with Gasteiger partial charge in [0.15, 0.2) is 0 Å². The van der Waals surface area contributed by atoms with Crippen molar-refractivity contribution in [2.45, 2.75) is 19.4 Å². The van der Waals surface area contributed by atoms with Gasteiger partial charge in [-0.05, 0) is 43.2 Å². The van der Waals surface area contributed by atoms with Gasteiger partial charge in [0.1, 0.15) is 22.9 Å². The molecule has 1 aliphatic rings. The molecular weight excluding hydrogens is 382 g/mol. The molecule has 2 aromatic carbocycles. The van der Waals surface area contributed by atoms with Gasteiger partial charge in [0.2, 0.25) is 0 Å². The quantitative estimate of drug-likeness (QED) is 0.555. The van der Waals surface area contributed by atoms with Crippen LogP contribution in [0.5, 0.6) is 11.5 Å². The van der Waals surface area contributed by atoms with E-state index in [0.717, 1.165) is 23.3 Å². The van der Waals surface area contributed by atoms with Gasteiger partial charge in [-0.1, -0.05) is 24.3 Å². The van der Waals surface area contributed by atoms with Crippen LogP contribution in [0.25, 0.3) is 11.3 Å². The van der Waals surface area contributed by atoms with Crippen LogP contribution in [0.1, 0.15) is 41.0 Å². The van der Waals surface area contributed by atoms with Crippen molar-refractivity contribution < 1.29 is 19.4 Å². The number of phenols is 1. The van der Waals surface area contributed by atoms with Crippen molar-refractivity contribution in [2.75, 3.05) is 26.9 Å². The number of amides is 1. The van der Waals surface area contributed by atoms with Crippen molar-refractivity contribution in [3.63, 3.8) is 0 Å². The molecule has 0 fully saturated rings. The molecule has 7 heteroatoms. The largest absolute Gasteiger partial charge is 0.507 e. The van der Waals surface area contributed by atoms with E-state index in [2.05, 4.69) is 10.2 Å². The molecule has 1 amide bonds. The van der Waals surface area contributed by atoms with Crippen LogP contribution in [0, 0.1) is 0 Å². The Morgan fingerprint density at radius 3 is 2.63 bits per heavy atom. The van der Waals surface area contributed by atoms with Crippen molar-refractivity contribution in [3.05, 3.63) is 65.4 Å². The molecule has 0 saturated heterocycles. The minimum atomic E-state index is -0.312. The first-order valence-electron chi connectivity index (χ1n) is 10.0. The second kappa shape index (κ2) is 8.59. The van der Waals surface area contributed by atoms with Gasteiger partial charge in [-0.2, -0.15) is 5.10 Å². The Morgan fingerprint density at radius 1 is 1.17 bits per heavy atom. The summed E-state index contributed by atoms with van der Waals surface area (Å²) >= 11 is 0. The Labute approximate surface area is 175 Å². The monoisotopic (exact) mass is 407 g/mol. The van der Waals surface area contributed by atoms with Gasteiger partial charge in [0.05, 0.1) is 13.2 Å². The lowest BCUT2D eigenvalue weighted by Gasteiger charge is -2.26. The smallest absolute Gasteiger partial charge is 0.273 e. The highest BCUT2D eigenvalue weighted by atomic mass is 16.5. The van der Waals surface area contributed by atoms with Crippen molar-refractivity contribution in [1.29, 1.82) is 0 Å². The lowest BCUT2D eigenvalue weighted by molar-refractivity contribution is 0.0710. The fourth-order valence-corrected chi connectivity index (χ4v) is 3.92. The number of carbonyl (C=O) groups excluding carboxylic acids is 1. The van der Waals surface area contributed by atoms with Gasteiger partial charge in [0, 0.05) is 30.9 Å². The summed E-state index contributed by atoms with van der Waals surface area (Å²) in [6, 6.07) is 14.4. The molecule has 0 aliphatic carbocycles. The van der Waals surface area contributed by atoms with Gasteiger partial charge < -0.3 is 19.5 Å². The predicted molar refractivity (Wildman–Crippen MR) is 113 cm³/mol. The average molecular weight is 407 g/mol. The van der Waals surface area contributed by atoms with E-state index in [9.17, 15) is 9.90 Å². The first-order chi connectivity index (χ1) is 14.7. The molecule has 0 radical (unpaired) electrons. The second-order valence-corrected chi connectivity index (χ2v) is 7.10. The third-order valence-corrected chi connectivity index (χ3v) is 5.35. The highest BCUT2D eigenvalue weighted by molar-refractivity contribution is 6.00. The van der Waals surface area contributed by atoms with Crippen LogP contribution in [0.3, 0.4) is 0 Å². The summed E-state index contributed by atoms with van der Waals surface area (Å²) in [7, 11) is 1.62. The molecule has 2 N–H and O–H groups in total. The number of fused-ring (bicyclic) bond motifs is 1. The number of phenolic OH excluding ortho intramolecular Hbond substituents is 1. The summed E-state index contributed by atoms with van der Waals surface area (Å²) in [5, 5.41) is 17.7. The number of carbonyl (C=O) groups is 1. The van der Waals surface area contributed by atoms with E-state index in [1.54, 1.807) is 25.3 Å². The zero-order chi connectivity index (χ0) is 21.1. The lowest BCUT2D eigenvalue weighted by Crippen LogP contribution is -2.31. The van der Waals surface area contributed by atoms with Gasteiger partial charge in [-0.25, -0.2) is 0 Å². The fourth-order valence-electron chi connectivity index (χ4n) is 3.92. The lowest BCUT2D eigenvalue weighted by atomic mass is 9.95. The zero-order valence-corrected chi connectivity index (χ0v) is 17.1. The number of nitrogens with one attached hydrogen (secondary N) is 1. The van der Waals surface area contributed by atoms with E-state index >= 15 is 0 Å². The molecule has 4 rings (SSSR count). The number of methoxy groups -OCH3 is 1. The van der Waals surface area contributed by atoms with Crippen molar-refractivity contribution in [2.24, 2.45) is 0 Å². The number of aromatic hydroxyl groups is 1. The van der Waals surface area contributed by atoms with E-state index in [0.29, 0.717) is 36.7 Å². The number of benzene rings is 2. The zero-order valence-electron chi connectivity index (χ0n) is 17.1. The molecule has 1 aromatic heterocycles. The molecule has 2 heterocycles. The topological polar surface area (TPSA) is 87.7 Å². The average Bonchev–Trinajstić information content (AvgIpc) is 3.31. The third-order valence-electron chi connectivity index (χ3n) is 5.35. The highest BCUT2D eigenvalue weighted by Crippen LogP contribution is 2.44. The Morgan fingerprint density at radius 2 is 1.93 bits per heavy atom. The minimum absolute atomic E-state index is 0.100. The van der Waals surface area contributed by atoms with Crippen LogP contribution < -0.4 is 4.74 Å². The van der Waals surface area contributed by atoms with Crippen molar-refractivity contribution in [3.8, 4) is 22.8 Å². The number of hydrogen-bond acceptors (Lipinski definition) is 5. The first kappa shape index (κ1) is 20.0. The molecule has 1 aliphatic heterocycles. The van der Waals surface area contributed by atoms with Crippen LogP contribution in [-0.2, 0) is 4.74 Å². The number of H-pyrrole nitrogens is 1. The van der Waals surface area contributed by atoms with Crippen LogP contribution in [0.2, 0.25) is 0 Å². The molecule has 1 atom stereocenters. The normalized spacial score (nSPS) is 15.5. The molecule has 7 nitrogen and oxygen atoms in total. The second-order valence-electron chi connectivity index (χ2n) is 7.10. The predicted octanol–water partition coefficient (Wildman–Crippen LogP) is 3.76. The van der Waals surface area contributed by atoms with Crippen LogP contribution in [0.15, 0.2) is 48.5 Å². The maximum absolute atomic E-state index is 13.2. The summed E-state index contributed by atoms with van der Waals surface area (Å²) in [6.07, 6.45) is 0.732. The number of aromatic nitrogens is 2. The molecule has 30 heavy (non-hydrogen) atoms. The maximum Gasteiger partial charge on any atom is 0.273 e. The molecular formula is C23H25N3O4. The van der Waals surface area contributed by atoms with E-state index in [-0.39, 0.29) is 17.7 Å². The Kier molecular flexibility index (Phi) is 5.72. The minimum Gasteiger partial charge on any atom is -0.507 e. The maximum atomic E-state index is 13.2. The number of para-hydroxylation sites is 1. The molecule has 3 aromatic rings. The molecule has 0 bridgehead atoms. The van der Waals surface area contributed by atoms with E-state index < -0.39 is 0 Å². The summed E-state index contributed by atoms with van der Waals surface area (Å²) in [4.78, 5) is 15.1. The van der Waals surface area contributed by atoms with Gasteiger partial charge in [-0.3, -0.25) is 9.89 Å². The van der Waals surface area contributed by atoms with Crippen LogP contribution in [0.4, 0.5) is 0 Å². The summed E-state index contributed by atoms with van der Waals surface area (Å²) in [5.74, 6) is 0.776. The number of aromatic amines is 1. The third kappa shape index (κ3) is 3.52. The number of nitrogens with zero attached hydrogens (tertiary/aromatic N) is 2. The molecule has 1 unspecified atom stereocenters. The molecule has 0 spiro atoms. The molecule has 156 valence electrons. The summed E-state index contributed by atoms with van der Waals surface area (Å²) in [5.41, 5.74) is 3.38. The van der Waals surface area contributed by atoms with Crippen molar-refractivity contribution >= 4 is 5.91 Å². The number of rotatable bonds is 8. The van der Waals surface area contributed by atoms with E-state index in [4.69, 9.17) is 9.47 Å². The van der Waals surface area contributed by atoms with Gasteiger partial charge in [-0.15, -0.1) is 0 Å². The number of hydrogen-bond donors (Lipinski definition) is 2. The standard InChI is InChI=1S/C23H25N3O4/c1-3-30-14-6-13-26-22(15-9-11-16(29-2)12-10-15)19-20(24-25-21(19)23(26)28)17-7-4-5-8-18(17)27/h4-5,7-12,22,27H,3,6,13-14H2,1-2H3,(H,24,25). The van der Waals surface area contributed by atoms with Gasteiger partial charge in [0.25, 0.3) is 5.91 Å². The summed E-state index contributed by atoms with van der Waals surface area (Å²) < 4.78 is 10.7. The number of ether oxygens (including phenoxy) is 2. The Hall–Kier alpha value is -3.32. The SMILES string of the molecule is CCOCCCN1C(=O)c2[nH]nc(-c3ccccc3O)c2C1c1ccc(OC)cc1. The Balaban J connectivity index is 1.77. The van der Waals surface area contributed by atoms with Crippen LogP contribution in [-0.4, -0.2) is 53.0 Å². The van der Waals surface area contributed by atoms with Crippen molar-refractivity contribution in [1.82, 2.24) is 15.1 Å². The summed E-state index contributed by atoms with van der Waals surface area (Å²) in [6.45, 7) is 3.75. The van der Waals surface area contributed by atoms with E-state index in [1.807, 2.05) is 42.2 Å². The van der Waals surface area contributed by atoms with E-state index in [1.165, 1.54) is 0 Å². The van der Waals surface area contributed by atoms with Crippen LogP contribution >= 0.6 is 0 Å². The Bertz CT molecular complexity index is 1030. The highest BCUT2D eigenvalue weighted by Gasteiger charge is 2.42. The first-order valence-corrected chi connectivity index (χ1v) is 10.0. The molecule has 0 saturated carbocycles. The fraction of sp³-hybridized carbons (Fsp3) is 0.304.